The lowest BCUT2D eigenvalue weighted by atomic mass is 10.0. The quantitative estimate of drug-likeness (QED) is 0.259. The van der Waals surface area contributed by atoms with Crippen LogP contribution >= 0.6 is 34.8 Å². The summed E-state index contributed by atoms with van der Waals surface area (Å²) >= 11 is 18.3. The first-order chi connectivity index (χ1) is 19.3. The van der Waals surface area contributed by atoms with Crippen LogP contribution in [0.4, 0.5) is 10.1 Å². The number of nitrogens with zero attached hydrogens (tertiary/aromatic N) is 2. The zero-order valence-electron chi connectivity index (χ0n) is 22.8. The van der Waals surface area contributed by atoms with E-state index in [1.807, 2.05) is 44.2 Å². The number of benzene rings is 3. The number of hydrogen-bond acceptors (Lipinski definition) is 4. The Labute approximate surface area is 255 Å². The van der Waals surface area contributed by atoms with Gasteiger partial charge < -0.3 is 10.2 Å². The van der Waals surface area contributed by atoms with Crippen molar-refractivity contribution in [3.8, 4) is 0 Å². The largest absolute Gasteiger partial charge is 0.352 e. The van der Waals surface area contributed by atoms with Gasteiger partial charge in [-0.15, -0.1) is 0 Å². The van der Waals surface area contributed by atoms with E-state index in [0.717, 1.165) is 28.3 Å². The third kappa shape index (κ3) is 9.07. The summed E-state index contributed by atoms with van der Waals surface area (Å²) in [4.78, 5) is 29.0. The number of rotatable bonds is 12. The van der Waals surface area contributed by atoms with E-state index in [0.29, 0.717) is 17.0 Å². The molecule has 220 valence electrons. The van der Waals surface area contributed by atoms with Crippen molar-refractivity contribution in [2.45, 2.75) is 45.3 Å². The maximum Gasteiger partial charge on any atom is 0.244 e. The molecule has 0 saturated carbocycles. The van der Waals surface area contributed by atoms with E-state index in [-0.39, 0.29) is 34.7 Å². The fraction of sp³-hybridized carbons (Fsp3) is 0.310. The third-order valence-corrected chi connectivity index (χ3v) is 8.65. The van der Waals surface area contributed by atoms with Crippen molar-refractivity contribution in [2.75, 3.05) is 17.1 Å². The standard InChI is InChI=1S/C29H31Cl3FN3O4S/c1-4-19(2)34-29(38)27(15-20-8-6-5-7-9-20)35(17-21-10-12-23(30)24(31)14-21)28(37)18-36(41(3,39)40)22-11-13-26(33)25(32)16-22/h5-14,16,19,27H,4,15,17-18H2,1-3H3,(H,34,38)/t19-,27-/m1/s1. The summed E-state index contributed by atoms with van der Waals surface area (Å²) in [6.07, 6.45) is 1.76. The molecule has 0 radical (unpaired) electrons. The van der Waals surface area contributed by atoms with Crippen LogP contribution in [0.2, 0.25) is 15.1 Å². The van der Waals surface area contributed by atoms with Gasteiger partial charge in [0, 0.05) is 19.0 Å². The van der Waals surface area contributed by atoms with Gasteiger partial charge in [-0.05, 0) is 54.8 Å². The van der Waals surface area contributed by atoms with Gasteiger partial charge in [0.05, 0.1) is 27.0 Å². The van der Waals surface area contributed by atoms with Crippen molar-refractivity contribution in [1.82, 2.24) is 10.2 Å². The molecule has 0 fully saturated rings. The molecular formula is C29H31Cl3FN3O4S. The molecule has 0 aliphatic rings. The normalized spacial score (nSPS) is 12.9. The highest BCUT2D eigenvalue weighted by molar-refractivity contribution is 7.92. The zero-order chi connectivity index (χ0) is 30.3. The highest BCUT2D eigenvalue weighted by Gasteiger charge is 2.33. The van der Waals surface area contributed by atoms with Crippen LogP contribution in [0.15, 0.2) is 66.7 Å². The predicted octanol–water partition coefficient (Wildman–Crippen LogP) is 6.11. The molecule has 3 rings (SSSR count). The predicted molar refractivity (Wildman–Crippen MR) is 162 cm³/mol. The van der Waals surface area contributed by atoms with Gasteiger partial charge in [-0.25, -0.2) is 12.8 Å². The molecule has 0 unspecified atom stereocenters. The van der Waals surface area contributed by atoms with Gasteiger partial charge in [-0.2, -0.15) is 0 Å². The maximum atomic E-state index is 14.0. The second-order valence-electron chi connectivity index (χ2n) is 9.66. The number of carbonyl (C=O) groups excluding carboxylic acids is 2. The summed E-state index contributed by atoms with van der Waals surface area (Å²) in [5.41, 5.74) is 1.39. The van der Waals surface area contributed by atoms with Crippen LogP contribution in [-0.2, 0) is 32.6 Å². The summed E-state index contributed by atoms with van der Waals surface area (Å²) in [5, 5.41) is 3.23. The number of hydrogen-bond donors (Lipinski definition) is 1. The molecule has 0 spiro atoms. The lowest BCUT2D eigenvalue weighted by Crippen LogP contribution is -2.54. The number of sulfonamides is 1. The number of amides is 2. The Morgan fingerprint density at radius 3 is 2.20 bits per heavy atom. The Hall–Kier alpha value is -2.85. The van der Waals surface area contributed by atoms with E-state index in [1.54, 1.807) is 18.2 Å². The molecular weight excluding hydrogens is 612 g/mol. The second kappa shape index (κ2) is 14.4. The maximum absolute atomic E-state index is 14.0. The van der Waals surface area contributed by atoms with E-state index in [9.17, 15) is 22.4 Å². The van der Waals surface area contributed by atoms with Crippen LogP contribution in [0.5, 0.6) is 0 Å². The van der Waals surface area contributed by atoms with Crippen molar-refractivity contribution < 1.29 is 22.4 Å². The van der Waals surface area contributed by atoms with Gasteiger partial charge in [0.25, 0.3) is 0 Å². The van der Waals surface area contributed by atoms with Gasteiger partial charge in [0.1, 0.15) is 18.4 Å². The summed E-state index contributed by atoms with van der Waals surface area (Å²) in [5.74, 6) is -1.80. The van der Waals surface area contributed by atoms with E-state index < -0.39 is 40.2 Å². The molecule has 0 bridgehead atoms. The van der Waals surface area contributed by atoms with Crippen LogP contribution in [0, 0.1) is 5.82 Å². The SMILES string of the molecule is CC[C@@H](C)NC(=O)[C@@H](Cc1ccccc1)N(Cc1ccc(Cl)c(Cl)c1)C(=O)CN(c1ccc(F)c(Cl)c1)S(C)(=O)=O. The Morgan fingerprint density at radius 2 is 1.61 bits per heavy atom. The molecule has 0 heterocycles. The molecule has 7 nitrogen and oxygen atoms in total. The van der Waals surface area contributed by atoms with Gasteiger partial charge >= 0.3 is 0 Å². The molecule has 0 aliphatic carbocycles. The average molecular weight is 643 g/mol. The molecule has 12 heteroatoms. The fourth-order valence-electron chi connectivity index (χ4n) is 4.08. The van der Waals surface area contributed by atoms with Crippen molar-refractivity contribution in [3.63, 3.8) is 0 Å². The topological polar surface area (TPSA) is 86.8 Å². The van der Waals surface area contributed by atoms with E-state index >= 15 is 0 Å². The van der Waals surface area contributed by atoms with Crippen LogP contribution < -0.4 is 9.62 Å². The lowest BCUT2D eigenvalue weighted by Gasteiger charge is -2.34. The first kappa shape index (κ1) is 32.7. The first-order valence-electron chi connectivity index (χ1n) is 12.8. The van der Waals surface area contributed by atoms with Crippen molar-refractivity contribution >= 4 is 62.3 Å². The number of carbonyl (C=O) groups is 2. The zero-order valence-corrected chi connectivity index (χ0v) is 25.9. The van der Waals surface area contributed by atoms with Crippen LogP contribution in [0.1, 0.15) is 31.4 Å². The van der Waals surface area contributed by atoms with E-state index in [4.69, 9.17) is 34.8 Å². The molecule has 2 amide bonds. The second-order valence-corrected chi connectivity index (χ2v) is 12.8. The molecule has 41 heavy (non-hydrogen) atoms. The third-order valence-electron chi connectivity index (χ3n) is 6.48. The van der Waals surface area contributed by atoms with Crippen molar-refractivity contribution in [2.24, 2.45) is 0 Å². The molecule has 0 aliphatic heterocycles. The van der Waals surface area contributed by atoms with Gasteiger partial charge in [0.2, 0.25) is 21.8 Å². The van der Waals surface area contributed by atoms with Crippen LogP contribution in [-0.4, -0.2) is 50.0 Å². The van der Waals surface area contributed by atoms with Crippen LogP contribution in [0.25, 0.3) is 0 Å². The van der Waals surface area contributed by atoms with E-state index in [1.165, 1.54) is 11.0 Å². The van der Waals surface area contributed by atoms with E-state index in [2.05, 4.69) is 5.32 Å². The first-order valence-corrected chi connectivity index (χ1v) is 15.8. The minimum Gasteiger partial charge on any atom is -0.352 e. The number of anilines is 1. The molecule has 1 N–H and O–H groups in total. The van der Waals surface area contributed by atoms with Crippen molar-refractivity contribution in [1.29, 1.82) is 0 Å². The lowest BCUT2D eigenvalue weighted by molar-refractivity contribution is -0.140. The Balaban J connectivity index is 2.09. The number of nitrogens with one attached hydrogen (secondary N) is 1. The monoisotopic (exact) mass is 641 g/mol. The highest BCUT2D eigenvalue weighted by Crippen LogP contribution is 2.27. The molecule has 2 atom stereocenters. The van der Waals surface area contributed by atoms with Gasteiger partial charge in [-0.1, -0.05) is 78.1 Å². The van der Waals surface area contributed by atoms with Crippen molar-refractivity contribution in [3.05, 3.63) is 98.7 Å². The Morgan fingerprint density at radius 1 is 0.927 bits per heavy atom. The summed E-state index contributed by atoms with van der Waals surface area (Å²) < 4.78 is 40.3. The van der Waals surface area contributed by atoms with Gasteiger partial charge in [-0.3, -0.25) is 13.9 Å². The summed E-state index contributed by atoms with van der Waals surface area (Å²) in [6, 6.07) is 16.2. The Bertz CT molecular complexity index is 1490. The highest BCUT2D eigenvalue weighted by atomic mass is 35.5. The van der Waals surface area contributed by atoms with Crippen LogP contribution in [0.3, 0.4) is 0 Å². The molecule has 3 aromatic rings. The minimum absolute atomic E-state index is 0.00500. The number of halogens is 4. The fourth-order valence-corrected chi connectivity index (χ4v) is 5.42. The summed E-state index contributed by atoms with van der Waals surface area (Å²) in [7, 11) is -4.02. The average Bonchev–Trinajstić information content (AvgIpc) is 2.92. The minimum atomic E-state index is -4.02. The smallest absolute Gasteiger partial charge is 0.244 e. The summed E-state index contributed by atoms with van der Waals surface area (Å²) in [6.45, 7) is 3.05. The Kier molecular flexibility index (Phi) is 11.4. The van der Waals surface area contributed by atoms with Gasteiger partial charge in [0.15, 0.2) is 0 Å². The molecule has 3 aromatic carbocycles. The molecule has 0 saturated heterocycles. The molecule has 0 aromatic heterocycles.